The summed E-state index contributed by atoms with van der Waals surface area (Å²) in [4.78, 5) is 14.9. The predicted octanol–water partition coefficient (Wildman–Crippen LogP) is 2.33. The van der Waals surface area contributed by atoms with E-state index in [-0.39, 0.29) is 5.69 Å². The van der Waals surface area contributed by atoms with Crippen LogP contribution in [0.3, 0.4) is 0 Å². The van der Waals surface area contributed by atoms with E-state index >= 15 is 0 Å². The maximum Gasteiger partial charge on any atom is 0.356 e. The number of aromatic carboxylic acids is 1. The van der Waals surface area contributed by atoms with Crippen LogP contribution in [0.2, 0.25) is 0 Å². The normalized spacial score (nSPS) is 11.1. The quantitative estimate of drug-likeness (QED) is 0.768. The Morgan fingerprint density at radius 2 is 2.21 bits per heavy atom. The molecule has 19 heavy (non-hydrogen) atoms. The Kier molecular flexibility index (Phi) is 2.38. The SMILES string of the molecule is COc1cc2nc(C(=O)O)cn2c2cc(F)ccc12. The van der Waals surface area contributed by atoms with Crippen LogP contribution in [-0.4, -0.2) is 27.6 Å². The summed E-state index contributed by atoms with van der Waals surface area (Å²) >= 11 is 0. The van der Waals surface area contributed by atoms with Crippen molar-refractivity contribution in [1.29, 1.82) is 0 Å². The number of carbonyl (C=O) groups is 1. The molecule has 1 N–H and O–H groups in total. The summed E-state index contributed by atoms with van der Waals surface area (Å²) in [7, 11) is 1.50. The summed E-state index contributed by atoms with van der Waals surface area (Å²) < 4.78 is 20.1. The van der Waals surface area contributed by atoms with Gasteiger partial charge < -0.3 is 9.84 Å². The minimum atomic E-state index is -1.13. The Morgan fingerprint density at radius 1 is 1.42 bits per heavy atom. The van der Waals surface area contributed by atoms with Crippen LogP contribution >= 0.6 is 0 Å². The van der Waals surface area contributed by atoms with Gasteiger partial charge in [0.25, 0.3) is 0 Å². The fourth-order valence-corrected chi connectivity index (χ4v) is 2.07. The second-order valence-corrected chi connectivity index (χ2v) is 4.03. The van der Waals surface area contributed by atoms with Gasteiger partial charge in [0.2, 0.25) is 0 Å². The van der Waals surface area contributed by atoms with Crippen LogP contribution in [0, 0.1) is 5.82 Å². The molecule has 0 fully saturated rings. The van der Waals surface area contributed by atoms with Crippen molar-refractivity contribution < 1.29 is 19.0 Å². The van der Waals surface area contributed by atoms with Crippen LogP contribution in [0.1, 0.15) is 10.5 Å². The van der Waals surface area contributed by atoms with Crippen LogP contribution in [-0.2, 0) is 0 Å². The van der Waals surface area contributed by atoms with Gasteiger partial charge in [-0.2, -0.15) is 0 Å². The highest BCUT2D eigenvalue weighted by atomic mass is 19.1. The maximum atomic E-state index is 13.4. The zero-order chi connectivity index (χ0) is 13.6. The van der Waals surface area contributed by atoms with Crippen LogP contribution in [0.25, 0.3) is 16.6 Å². The number of carboxylic acid groups (broad SMARTS) is 1. The van der Waals surface area contributed by atoms with E-state index in [1.54, 1.807) is 12.1 Å². The zero-order valence-electron chi connectivity index (χ0n) is 9.92. The Bertz CT molecular complexity index is 810. The number of imidazole rings is 1. The molecule has 96 valence electrons. The van der Waals surface area contributed by atoms with Gasteiger partial charge >= 0.3 is 5.97 Å². The Labute approximate surface area is 106 Å². The van der Waals surface area contributed by atoms with Crippen molar-refractivity contribution in [2.75, 3.05) is 7.11 Å². The van der Waals surface area contributed by atoms with E-state index in [9.17, 15) is 9.18 Å². The fraction of sp³-hybridized carbons (Fsp3) is 0.0769. The molecule has 0 aliphatic heterocycles. The summed E-state index contributed by atoms with van der Waals surface area (Å²) in [5, 5.41) is 9.64. The Hall–Kier alpha value is -2.63. The van der Waals surface area contributed by atoms with Crippen LogP contribution in [0.5, 0.6) is 5.75 Å². The first kappa shape index (κ1) is 11.5. The summed E-state index contributed by atoms with van der Waals surface area (Å²) in [5.41, 5.74) is 0.806. The smallest absolute Gasteiger partial charge is 0.356 e. The molecule has 0 amide bonds. The van der Waals surface area contributed by atoms with Crippen molar-refractivity contribution in [3.8, 4) is 5.75 Å². The van der Waals surface area contributed by atoms with Gasteiger partial charge in [-0.3, -0.25) is 4.40 Å². The minimum Gasteiger partial charge on any atom is -0.496 e. The first-order valence-electron chi connectivity index (χ1n) is 5.49. The lowest BCUT2D eigenvalue weighted by atomic mass is 10.2. The largest absolute Gasteiger partial charge is 0.496 e. The molecule has 6 heteroatoms. The first-order chi connectivity index (χ1) is 9.10. The molecule has 0 radical (unpaired) electrons. The molecule has 0 bridgehead atoms. The number of hydrogen-bond acceptors (Lipinski definition) is 3. The maximum absolute atomic E-state index is 13.4. The molecule has 3 rings (SSSR count). The lowest BCUT2D eigenvalue weighted by Crippen LogP contribution is -1.94. The molecular formula is C13H9FN2O3. The zero-order valence-corrected chi connectivity index (χ0v) is 9.92. The highest BCUT2D eigenvalue weighted by Crippen LogP contribution is 2.28. The van der Waals surface area contributed by atoms with E-state index in [1.165, 1.54) is 29.8 Å². The molecule has 3 aromatic rings. The van der Waals surface area contributed by atoms with Crippen molar-refractivity contribution >= 4 is 22.5 Å². The van der Waals surface area contributed by atoms with Crippen molar-refractivity contribution in [3.05, 3.63) is 42.0 Å². The molecule has 0 atom stereocenters. The Balaban J connectivity index is 2.48. The molecule has 2 heterocycles. The van der Waals surface area contributed by atoms with Gasteiger partial charge in [0.05, 0.1) is 12.6 Å². The third kappa shape index (κ3) is 1.69. The van der Waals surface area contributed by atoms with E-state index in [0.29, 0.717) is 22.3 Å². The third-order valence-corrected chi connectivity index (χ3v) is 2.92. The van der Waals surface area contributed by atoms with Crippen LogP contribution in [0.15, 0.2) is 30.5 Å². The number of rotatable bonds is 2. The summed E-state index contributed by atoms with van der Waals surface area (Å²) in [5.74, 6) is -1.02. The standard InChI is InChI=1S/C13H9FN2O3/c1-19-11-5-12-15-9(13(17)18)6-16(12)10-4-7(14)2-3-8(10)11/h2-6H,1H3,(H,17,18). The molecule has 2 aromatic heterocycles. The highest BCUT2D eigenvalue weighted by Gasteiger charge is 2.13. The molecule has 0 saturated carbocycles. The molecular weight excluding hydrogens is 251 g/mol. The minimum absolute atomic E-state index is 0.0983. The van der Waals surface area contributed by atoms with E-state index in [0.717, 1.165) is 0 Å². The van der Waals surface area contributed by atoms with Crippen molar-refractivity contribution in [2.24, 2.45) is 0 Å². The van der Waals surface area contributed by atoms with Gasteiger partial charge in [0, 0.05) is 17.6 Å². The second-order valence-electron chi connectivity index (χ2n) is 4.03. The molecule has 1 aromatic carbocycles. The van der Waals surface area contributed by atoms with E-state index in [1.807, 2.05) is 0 Å². The number of halogens is 1. The average Bonchev–Trinajstić information content (AvgIpc) is 2.81. The molecule has 5 nitrogen and oxygen atoms in total. The van der Waals surface area contributed by atoms with Gasteiger partial charge in [-0.1, -0.05) is 0 Å². The lowest BCUT2D eigenvalue weighted by Gasteiger charge is -2.07. The molecule has 0 aliphatic carbocycles. The topological polar surface area (TPSA) is 63.8 Å². The number of aromatic nitrogens is 2. The monoisotopic (exact) mass is 260 g/mol. The van der Waals surface area contributed by atoms with Gasteiger partial charge in [0.15, 0.2) is 5.69 Å². The summed E-state index contributed by atoms with van der Waals surface area (Å²) in [6, 6.07) is 5.85. The van der Waals surface area contributed by atoms with Crippen molar-refractivity contribution in [3.63, 3.8) is 0 Å². The Morgan fingerprint density at radius 3 is 2.89 bits per heavy atom. The number of methoxy groups -OCH3 is 1. The summed E-state index contributed by atoms with van der Waals surface area (Å²) in [6.45, 7) is 0. The van der Waals surface area contributed by atoms with Crippen LogP contribution in [0.4, 0.5) is 4.39 Å². The fourth-order valence-electron chi connectivity index (χ4n) is 2.07. The van der Waals surface area contributed by atoms with Gasteiger partial charge in [0.1, 0.15) is 17.2 Å². The highest BCUT2D eigenvalue weighted by molar-refractivity contribution is 5.91. The number of hydrogen-bond donors (Lipinski definition) is 1. The van der Waals surface area contributed by atoms with Crippen LogP contribution < -0.4 is 4.74 Å². The number of pyridine rings is 1. The third-order valence-electron chi connectivity index (χ3n) is 2.92. The first-order valence-corrected chi connectivity index (χ1v) is 5.49. The molecule has 0 aliphatic rings. The number of benzene rings is 1. The van der Waals surface area contributed by atoms with E-state index in [4.69, 9.17) is 9.84 Å². The van der Waals surface area contributed by atoms with Gasteiger partial charge in [-0.25, -0.2) is 14.2 Å². The molecule has 0 saturated heterocycles. The summed E-state index contributed by atoms with van der Waals surface area (Å²) in [6.07, 6.45) is 1.36. The predicted molar refractivity (Wildman–Crippen MR) is 66.2 cm³/mol. The number of nitrogens with zero attached hydrogens (tertiary/aromatic N) is 2. The van der Waals surface area contributed by atoms with Gasteiger partial charge in [-0.05, 0) is 18.2 Å². The van der Waals surface area contributed by atoms with Crippen molar-refractivity contribution in [1.82, 2.24) is 9.38 Å². The van der Waals surface area contributed by atoms with E-state index in [2.05, 4.69) is 4.98 Å². The second kappa shape index (κ2) is 3.94. The van der Waals surface area contributed by atoms with E-state index < -0.39 is 11.8 Å². The molecule has 0 spiro atoms. The number of carboxylic acids is 1. The molecule has 0 unspecified atom stereocenters. The number of ether oxygens (including phenoxy) is 1. The number of fused-ring (bicyclic) bond motifs is 3. The van der Waals surface area contributed by atoms with Crippen molar-refractivity contribution in [2.45, 2.75) is 0 Å². The average molecular weight is 260 g/mol. The van der Waals surface area contributed by atoms with Gasteiger partial charge in [-0.15, -0.1) is 0 Å². The lowest BCUT2D eigenvalue weighted by molar-refractivity contribution is 0.0691.